The van der Waals surface area contributed by atoms with Gasteiger partial charge in [-0.25, -0.2) is 4.39 Å². The number of carbonyl (C=O) groups is 1. The van der Waals surface area contributed by atoms with Gasteiger partial charge in [-0.05, 0) is 40.8 Å². The van der Waals surface area contributed by atoms with Crippen LogP contribution < -0.4 is 0 Å². The van der Waals surface area contributed by atoms with Crippen LogP contribution in [0.4, 0.5) is 4.39 Å². The molecule has 1 aromatic rings. The largest absolute Gasteiger partial charge is 0.345 e. The number of amides is 1. The Morgan fingerprint density at radius 3 is 2.54 bits per heavy atom. The maximum absolute atomic E-state index is 13.0. The molecule has 1 amide bonds. The summed E-state index contributed by atoms with van der Waals surface area (Å²) in [6, 6.07) is 4.46. The van der Waals surface area contributed by atoms with Gasteiger partial charge in [0.1, 0.15) is 5.82 Å². The fourth-order valence-electron chi connectivity index (χ4n) is 0.887. The number of hydrogen-bond donors (Lipinski definition) is 0. The number of carbonyl (C=O) groups excluding carboxylic acids is 1. The van der Waals surface area contributed by atoms with Crippen molar-refractivity contribution in [2.24, 2.45) is 0 Å². The van der Waals surface area contributed by atoms with Crippen LogP contribution in [0.1, 0.15) is 10.4 Å². The first-order valence-electron chi connectivity index (χ1n) is 3.69. The lowest BCUT2D eigenvalue weighted by Gasteiger charge is -2.09. The Hall–Kier alpha value is -0.650. The number of nitrogens with zero attached hydrogens (tertiary/aromatic N) is 1. The second kappa shape index (κ2) is 4.04. The van der Waals surface area contributed by atoms with Gasteiger partial charge < -0.3 is 4.90 Å². The molecule has 0 fully saturated rings. The highest BCUT2D eigenvalue weighted by molar-refractivity contribution is 14.1. The Balaban J connectivity index is 3.04. The Kier molecular flexibility index (Phi) is 3.24. The topological polar surface area (TPSA) is 20.3 Å². The molecule has 0 unspecified atom stereocenters. The summed E-state index contributed by atoms with van der Waals surface area (Å²) < 4.78 is 13.5. The minimum absolute atomic E-state index is 0.185. The standard InChI is InChI=1S/C9H9FINO/c1-12(2)9(13)6-3-4-8(11)7(10)5-6/h3-5H,1-2H3. The molecule has 0 atom stereocenters. The van der Waals surface area contributed by atoms with Crippen molar-refractivity contribution in [2.45, 2.75) is 0 Å². The van der Waals surface area contributed by atoms with Crippen LogP contribution in [0.25, 0.3) is 0 Å². The van der Waals surface area contributed by atoms with Crippen molar-refractivity contribution in [3.63, 3.8) is 0 Å². The van der Waals surface area contributed by atoms with Crippen LogP contribution in [-0.4, -0.2) is 24.9 Å². The molecule has 4 heteroatoms. The summed E-state index contributed by atoms with van der Waals surface area (Å²) in [5.74, 6) is -0.538. The number of halogens is 2. The second-order valence-corrected chi connectivity index (χ2v) is 3.99. The van der Waals surface area contributed by atoms with Crippen LogP contribution in [0, 0.1) is 9.39 Å². The lowest BCUT2D eigenvalue weighted by atomic mass is 10.2. The van der Waals surface area contributed by atoms with Crippen LogP contribution in [0.15, 0.2) is 18.2 Å². The van der Waals surface area contributed by atoms with E-state index in [0.717, 1.165) is 0 Å². The van der Waals surface area contributed by atoms with E-state index >= 15 is 0 Å². The highest BCUT2D eigenvalue weighted by atomic mass is 127. The van der Waals surface area contributed by atoms with Crippen molar-refractivity contribution >= 4 is 28.5 Å². The van der Waals surface area contributed by atoms with Crippen molar-refractivity contribution in [1.82, 2.24) is 4.90 Å². The summed E-state index contributed by atoms with van der Waals surface area (Å²) in [7, 11) is 3.27. The van der Waals surface area contributed by atoms with Crippen molar-refractivity contribution in [3.8, 4) is 0 Å². The number of rotatable bonds is 1. The van der Waals surface area contributed by atoms with E-state index in [-0.39, 0.29) is 11.7 Å². The zero-order valence-electron chi connectivity index (χ0n) is 7.34. The van der Waals surface area contributed by atoms with E-state index in [0.29, 0.717) is 9.13 Å². The minimum atomic E-state index is -0.353. The van der Waals surface area contributed by atoms with E-state index in [9.17, 15) is 9.18 Å². The fraction of sp³-hybridized carbons (Fsp3) is 0.222. The van der Waals surface area contributed by atoms with Crippen LogP contribution in [0.3, 0.4) is 0 Å². The van der Waals surface area contributed by atoms with Gasteiger partial charge in [0.05, 0.1) is 0 Å². The summed E-state index contributed by atoms with van der Waals surface area (Å²) in [6.45, 7) is 0. The first kappa shape index (κ1) is 10.4. The fourth-order valence-corrected chi connectivity index (χ4v) is 1.22. The molecule has 13 heavy (non-hydrogen) atoms. The van der Waals surface area contributed by atoms with Crippen LogP contribution >= 0.6 is 22.6 Å². The molecule has 0 aromatic heterocycles. The summed E-state index contributed by atoms with van der Waals surface area (Å²) in [4.78, 5) is 12.8. The third-order valence-electron chi connectivity index (χ3n) is 1.57. The van der Waals surface area contributed by atoms with Gasteiger partial charge >= 0.3 is 0 Å². The van der Waals surface area contributed by atoms with Gasteiger partial charge in [-0.3, -0.25) is 4.79 Å². The summed E-state index contributed by atoms with van der Waals surface area (Å²) in [5.41, 5.74) is 0.378. The van der Waals surface area contributed by atoms with E-state index in [1.807, 2.05) is 22.6 Å². The maximum Gasteiger partial charge on any atom is 0.253 e. The molecule has 0 aliphatic rings. The lowest BCUT2D eigenvalue weighted by molar-refractivity contribution is 0.0827. The smallest absolute Gasteiger partial charge is 0.253 e. The van der Waals surface area contributed by atoms with Crippen molar-refractivity contribution in [2.75, 3.05) is 14.1 Å². The first-order chi connectivity index (χ1) is 6.02. The van der Waals surface area contributed by atoms with E-state index in [4.69, 9.17) is 0 Å². The predicted octanol–water partition coefficient (Wildman–Crippen LogP) is 2.13. The Bertz CT molecular complexity index is 338. The van der Waals surface area contributed by atoms with Crippen molar-refractivity contribution < 1.29 is 9.18 Å². The van der Waals surface area contributed by atoms with Gasteiger partial charge in [0.2, 0.25) is 0 Å². The average Bonchev–Trinajstić information content (AvgIpc) is 2.08. The van der Waals surface area contributed by atoms with Gasteiger partial charge in [0.25, 0.3) is 5.91 Å². The molecule has 70 valence electrons. The third kappa shape index (κ3) is 2.40. The highest BCUT2D eigenvalue weighted by Crippen LogP contribution is 2.13. The monoisotopic (exact) mass is 293 g/mol. The second-order valence-electron chi connectivity index (χ2n) is 2.83. The molecule has 0 aliphatic carbocycles. The quantitative estimate of drug-likeness (QED) is 0.726. The average molecular weight is 293 g/mol. The molecule has 2 nitrogen and oxygen atoms in total. The molecule has 0 aliphatic heterocycles. The molecule has 0 saturated heterocycles. The Labute approximate surface area is 89.9 Å². The van der Waals surface area contributed by atoms with E-state index in [2.05, 4.69) is 0 Å². The molecule has 0 radical (unpaired) electrons. The Morgan fingerprint density at radius 1 is 1.46 bits per heavy atom. The summed E-state index contributed by atoms with van der Waals surface area (Å²) in [6.07, 6.45) is 0. The van der Waals surface area contributed by atoms with E-state index in [1.165, 1.54) is 11.0 Å². The molecular weight excluding hydrogens is 284 g/mol. The highest BCUT2D eigenvalue weighted by Gasteiger charge is 2.09. The third-order valence-corrected chi connectivity index (χ3v) is 2.45. The van der Waals surface area contributed by atoms with Crippen molar-refractivity contribution in [3.05, 3.63) is 33.1 Å². The first-order valence-corrected chi connectivity index (χ1v) is 4.77. The molecule has 0 spiro atoms. The minimum Gasteiger partial charge on any atom is -0.345 e. The van der Waals surface area contributed by atoms with Gasteiger partial charge in [-0.15, -0.1) is 0 Å². The number of benzene rings is 1. The lowest BCUT2D eigenvalue weighted by Crippen LogP contribution is -2.21. The van der Waals surface area contributed by atoms with E-state index in [1.54, 1.807) is 26.2 Å². The SMILES string of the molecule is CN(C)C(=O)c1ccc(I)c(F)c1. The Morgan fingerprint density at radius 2 is 2.08 bits per heavy atom. The van der Waals surface area contributed by atoms with E-state index < -0.39 is 0 Å². The molecular formula is C9H9FINO. The summed E-state index contributed by atoms with van der Waals surface area (Å²) in [5, 5.41) is 0. The van der Waals surface area contributed by atoms with Gasteiger partial charge in [0.15, 0.2) is 0 Å². The maximum atomic E-state index is 13.0. The van der Waals surface area contributed by atoms with Gasteiger partial charge in [0, 0.05) is 23.2 Å². The molecule has 0 saturated carbocycles. The van der Waals surface area contributed by atoms with Crippen molar-refractivity contribution in [1.29, 1.82) is 0 Å². The van der Waals surface area contributed by atoms with Gasteiger partial charge in [-0.1, -0.05) is 0 Å². The molecule has 1 aromatic carbocycles. The molecule has 0 N–H and O–H groups in total. The van der Waals surface area contributed by atoms with Gasteiger partial charge in [-0.2, -0.15) is 0 Å². The van der Waals surface area contributed by atoms with Crippen LogP contribution in [-0.2, 0) is 0 Å². The zero-order valence-corrected chi connectivity index (χ0v) is 9.50. The molecule has 1 rings (SSSR count). The van der Waals surface area contributed by atoms with Crippen LogP contribution in [0.5, 0.6) is 0 Å². The predicted molar refractivity (Wildman–Crippen MR) is 57.1 cm³/mol. The van der Waals surface area contributed by atoms with Crippen LogP contribution in [0.2, 0.25) is 0 Å². The number of hydrogen-bond acceptors (Lipinski definition) is 1. The molecule has 0 bridgehead atoms. The normalized spacial score (nSPS) is 9.85. The molecule has 0 heterocycles. The summed E-state index contributed by atoms with van der Waals surface area (Å²) >= 11 is 1.88. The zero-order chi connectivity index (χ0) is 10.0.